The molecule has 0 amide bonds. The first-order valence-electron chi connectivity index (χ1n) is 6.80. The number of aliphatic carboxylic acids is 1. The topological polar surface area (TPSA) is 93.3 Å². The largest absolute Gasteiger partial charge is 0.481 e. The molecule has 116 valence electrons. The van der Waals surface area contributed by atoms with Gasteiger partial charge in [0.25, 0.3) is 5.95 Å². The van der Waals surface area contributed by atoms with E-state index >= 15 is 0 Å². The Morgan fingerprint density at radius 3 is 2.96 bits per heavy atom. The van der Waals surface area contributed by atoms with Gasteiger partial charge in [-0.15, -0.1) is 11.3 Å². The van der Waals surface area contributed by atoms with Crippen LogP contribution in [0.5, 0.6) is 0 Å². The molecule has 2 atom stereocenters. The van der Waals surface area contributed by atoms with Crippen LogP contribution in [0, 0.1) is 5.92 Å². The summed E-state index contributed by atoms with van der Waals surface area (Å²) < 4.78 is 3.45. The summed E-state index contributed by atoms with van der Waals surface area (Å²) in [4.78, 5) is 16.1. The van der Waals surface area contributed by atoms with Gasteiger partial charge in [0.15, 0.2) is 0 Å². The van der Waals surface area contributed by atoms with Crippen LogP contribution in [0.3, 0.4) is 0 Å². The van der Waals surface area contributed by atoms with Crippen molar-refractivity contribution in [2.75, 3.05) is 0 Å². The molecule has 7 nitrogen and oxygen atoms in total. The minimum absolute atomic E-state index is 0.326. The van der Waals surface area contributed by atoms with E-state index in [1.165, 1.54) is 4.68 Å². The van der Waals surface area contributed by atoms with Crippen LogP contribution in [0.4, 0.5) is 5.95 Å². The van der Waals surface area contributed by atoms with E-state index in [4.69, 9.17) is 0 Å². The number of carbonyl (C=O) groups is 1. The zero-order valence-electron chi connectivity index (χ0n) is 11.8. The van der Waals surface area contributed by atoms with E-state index in [9.17, 15) is 9.90 Å². The van der Waals surface area contributed by atoms with E-state index in [0.717, 1.165) is 19.4 Å². The molecular weight excluding hydrogens is 382 g/mol. The van der Waals surface area contributed by atoms with Crippen molar-refractivity contribution in [3.05, 3.63) is 33.6 Å². The van der Waals surface area contributed by atoms with Gasteiger partial charge in [-0.3, -0.25) is 4.79 Å². The highest BCUT2D eigenvalue weighted by Gasteiger charge is 2.41. The summed E-state index contributed by atoms with van der Waals surface area (Å²) in [5.41, 5.74) is 1.37. The molecule has 0 saturated heterocycles. The molecule has 3 heterocycles. The summed E-state index contributed by atoms with van der Waals surface area (Å²) in [5, 5.41) is 22.2. The van der Waals surface area contributed by atoms with Crippen molar-refractivity contribution < 1.29 is 9.90 Å². The van der Waals surface area contributed by atoms with Gasteiger partial charge in [0.2, 0.25) is 0 Å². The van der Waals surface area contributed by atoms with Crippen LogP contribution in [-0.4, -0.2) is 37.0 Å². The van der Waals surface area contributed by atoms with E-state index < -0.39 is 17.9 Å². The molecule has 1 aliphatic heterocycles. The number of thiophene rings is 1. The van der Waals surface area contributed by atoms with Gasteiger partial charge in [-0.05, 0) is 44.7 Å². The zero-order valence-corrected chi connectivity index (χ0v) is 14.2. The molecule has 0 bridgehead atoms. The second-order valence-corrected chi connectivity index (χ2v) is 7.59. The van der Waals surface area contributed by atoms with Crippen molar-refractivity contribution in [2.24, 2.45) is 10.9 Å². The number of tetrazole rings is 1. The molecule has 1 aliphatic rings. The number of halogens is 1. The highest BCUT2D eigenvalue weighted by atomic mass is 79.9. The van der Waals surface area contributed by atoms with Gasteiger partial charge >= 0.3 is 5.97 Å². The number of aliphatic imine (C=N–C) groups is 1. The third kappa shape index (κ3) is 2.11. The SMILES string of the molecule is CC1=Nc2nnnn2C(c2c(Br)sc3ccccc23)C1C(=O)O. The zero-order chi connectivity index (χ0) is 16.1. The number of carboxylic acid groups (broad SMARTS) is 1. The lowest BCUT2D eigenvalue weighted by Crippen LogP contribution is -2.35. The van der Waals surface area contributed by atoms with Crippen molar-refractivity contribution >= 4 is 55.0 Å². The summed E-state index contributed by atoms with van der Waals surface area (Å²) in [5.74, 6) is -1.44. The smallest absolute Gasteiger partial charge is 0.314 e. The molecule has 9 heteroatoms. The van der Waals surface area contributed by atoms with Gasteiger partial charge in [0.1, 0.15) is 12.0 Å². The number of hydrogen-bond donors (Lipinski definition) is 1. The highest BCUT2D eigenvalue weighted by molar-refractivity contribution is 9.11. The molecule has 2 aromatic heterocycles. The summed E-state index contributed by atoms with van der Waals surface area (Å²) in [6.45, 7) is 1.70. The van der Waals surface area contributed by atoms with E-state index in [1.807, 2.05) is 24.3 Å². The predicted molar refractivity (Wildman–Crippen MR) is 89.4 cm³/mol. The molecule has 1 aromatic carbocycles. The molecule has 0 spiro atoms. The Hall–Kier alpha value is -2.13. The van der Waals surface area contributed by atoms with Crippen molar-refractivity contribution in [1.29, 1.82) is 0 Å². The van der Waals surface area contributed by atoms with Crippen LogP contribution >= 0.6 is 27.3 Å². The lowest BCUT2D eigenvalue weighted by molar-refractivity contribution is -0.140. The lowest BCUT2D eigenvalue weighted by Gasteiger charge is -2.27. The van der Waals surface area contributed by atoms with Crippen molar-refractivity contribution in [1.82, 2.24) is 20.2 Å². The maximum absolute atomic E-state index is 11.9. The Kier molecular flexibility index (Phi) is 3.27. The van der Waals surface area contributed by atoms with Crippen LogP contribution in [0.1, 0.15) is 18.5 Å². The number of rotatable bonds is 2. The number of nitrogens with zero attached hydrogens (tertiary/aromatic N) is 5. The Balaban J connectivity index is 2.03. The van der Waals surface area contributed by atoms with Gasteiger partial charge in [0.05, 0.1) is 3.79 Å². The monoisotopic (exact) mass is 391 g/mol. The van der Waals surface area contributed by atoms with Crippen LogP contribution in [0.2, 0.25) is 0 Å². The number of benzene rings is 1. The molecule has 23 heavy (non-hydrogen) atoms. The number of hydrogen-bond acceptors (Lipinski definition) is 6. The fourth-order valence-corrected chi connectivity index (χ4v) is 4.89. The van der Waals surface area contributed by atoms with Crippen molar-refractivity contribution in [3.63, 3.8) is 0 Å². The Labute approximate surface area is 142 Å². The molecule has 4 rings (SSSR count). The van der Waals surface area contributed by atoms with Gasteiger partial charge in [0, 0.05) is 16.0 Å². The minimum Gasteiger partial charge on any atom is -0.481 e. The fraction of sp³-hybridized carbons (Fsp3) is 0.214. The fourth-order valence-electron chi connectivity index (χ4n) is 2.95. The second-order valence-electron chi connectivity index (χ2n) is 5.22. The minimum atomic E-state index is -0.945. The van der Waals surface area contributed by atoms with E-state index in [0.29, 0.717) is 11.7 Å². The molecule has 3 aromatic rings. The Morgan fingerprint density at radius 2 is 2.17 bits per heavy atom. The van der Waals surface area contributed by atoms with Gasteiger partial charge in [-0.2, -0.15) is 0 Å². The highest BCUT2D eigenvalue weighted by Crippen LogP contribution is 2.45. The Morgan fingerprint density at radius 1 is 1.39 bits per heavy atom. The molecule has 0 radical (unpaired) electrons. The summed E-state index contributed by atoms with van der Waals surface area (Å²) in [7, 11) is 0. The second kappa shape index (κ2) is 5.20. The lowest BCUT2D eigenvalue weighted by atomic mass is 9.88. The van der Waals surface area contributed by atoms with E-state index in [1.54, 1.807) is 18.3 Å². The van der Waals surface area contributed by atoms with E-state index in [2.05, 4.69) is 36.4 Å². The van der Waals surface area contributed by atoms with Crippen LogP contribution < -0.4 is 0 Å². The maximum Gasteiger partial charge on any atom is 0.314 e. The predicted octanol–water partition coefficient (Wildman–Crippen LogP) is 3.05. The first-order chi connectivity index (χ1) is 11.1. The summed E-state index contributed by atoms with van der Waals surface area (Å²) in [6, 6.07) is 7.34. The number of aromatic nitrogens is 4. The van der Waals surface area contributed by atoms with Crippen LogP contribution in [-0.2, 0) is 4.79 Å². The average Bonchev–Trinajstić information content (AvgIpc) is 3.08. The first kappa shape index (κ1) is 14.5. The standard InChI is InChI=1S/C14H10BrN5O2S/c1-6-9(13(21)22)11(20-14(16-6)17-18-19-20)10-7-4-2-3-5-8(7)23-12(10)15/h2-5,9,11H,1H3,(H,21,22). The van der Waals surface area contributed by atoms with Crippen LogP contribution in [0.15, 0.2) is 33.0 Å². The van der Waals surface area contributed by atoms with Crippen molar-refractivity contribution in [2.45, 2.75) is 13.0 Å². The summed E-state index contributed by atoms with van der Waals surface area (Å²) in [6.07, 6.45) is 0. The molecule has 0 saturated carbocycles. The van der Waals surface area contributed by atoms with Crippen molar-refractivity contribution in [3.8, 4) is 0 Å². The number of fused-ring (bicyclic) bond motifs is 2. The maximum atomic E-state index is 11.9. The third-order valence-corrected chi connectivity index (χ3v) is 5.82. The number of carboxylic acids is 1. The van der Waals surface area contributed by atoms with Crippen LogP contribution in [0.25, 0.3) is 10.1 Å². The van der Waals surface area contributed by atoms with Gasteiger partial charge < -0.3 is 5.11 Å². The molecule has 0 fully saturated rings. The van der Waals surface area contributed by atoms with E-state index in [-0.39, 0.29) is 0 Å². The molecule has 0 aliphatic carbocycles. The molecule has 2 unspecified atom stereocenters. The van der Waals surface area contributed by atoms with Gasteiger partial charge in [-0.25, -0.2) is 9.67 Å². The first-order valence-corrected chi connectivity index (χ1v) is 8.41. The third-order valence-electron chi connectivity index (χ3n) is 3.93. The molecular formula is C14H10BrN5O2S. The average molecular weight is 392 g/mol. The normalized spacial score (nSPS) is 20.3. The van der Waals surface area contributed by atoms with Gasteiger partial charge in [-0.1, -0.05) is 23.3 Å². The Bertz CT molecular complexity index is 963. The molecule has 1 N–H and O–H groups in total. The quantitative estimate of drug-likeness (QED) is 0.724. The summed E-state index contributed by atoms with van der Waals surface area (Å²) >= 11 is 5.15.